The standard InChI is InChI=1S/C12H16N4S/c1-3-9-4-6-10(7-5-9)16(2)8-11-12(13)17-15-14-11/h4-7H,3,8,13H2,1-2H3. The fourth-order valence-electron chi connectivity index (χ4n) is 1.63. The van der Waals surface area contributed by atoms with Crippen molar-refractivity contribution in [1.29, 1.82) is 0 Å². The van der Waals surface area contributed by atoms with Gasteiger partial charge in [-0.05, 0) is 24.1 Å². The van der Waals surface area contributed by atoms with Crippen LogP contribution < -0.4 is 10.6 Å². The van der Waals surface area contributed by atoms with Crippen molar-refractivity contribution in [3.8, 4) is 0 Å². The van der Waals surface area contributed by atoms with Gasteiger partial charge in [-0.15, -0.1) is 5.10 Å². The second-order valence-electron chi connectivity index (χ2n) is 3.96. The van der Waals surface area contributed by atoms with E-state index in [0.717, 1.165) is 17.8 Å². The molecule has 0 saturated carbocycles. The third kappa shape index (κ3) is 2.74. The maximum atomic E-state index is 5.78. The lowest BCUT2D eigenvalue weighted by molar-refractivity contribution is 0.874. The van der Waals surface area contributed by atoms with E-state index in [1.165, 1.54) is 17.1 Å². The molecule has 1 aromatic carbocycles. The van der Waals surface area contributed by atoms with Crippen LogP contribution in [0.5, 0.6) is 0 Å². The van der Waals surface area contributed by atoms with E-state index in [1.807, 2.05) is 7.05 Å². The summed E-state index contributed by atoms with van der Waals surface area (Å²) >= 11 is 1.24. The Kier molecular flexibility index (Phi) is 3.58. The first-order chi connectivity index (χ1) is 8.20. The van der Waals surface area contributed by atoms with Gasteiger partial charge in [-0.2, -0.15) is 0 Å². The predicted octanol–water partition coefficient (Wildman–Crippen LogP) is 2.32. The molecule has 4 nitrogen and oxygen atoms in total. The van der Waals surface area contributed by atoms with Crippen molar-refractivity contribution in [3.63, 3.8) is 0 Å². The fraction of sp³-hybridized carbons (Fsp3) is 0.333. The maximum absolute atomic E-state index is 5.78. The molecule has 0 spiro atoms. The summed E-state index contributed by atoms with van der Waals surface area (Å²) < 4.78 is 3.84. The van der Waals surface area contributed by atoms with Gasteiger partial charge in [0.1, 0.15) is 10.7 Å². The van der Waals surface area contributed by atoms with Gasteiger partial charge in [0.15, 0.2) is 0 Å². The molecule has 0 saturated heterocycles. The van der Waals surface area contributed by atoms with E-state index in [2.05, 4.69) is 45.7 Å². The van der Waals surface area contributed by atoms with E-state index in [9.17, 15) is 0 Å². The zero-order chi connectivity index (χ0) is 12.3. The first-order valence-electron chi connectivity index (χ1n) is 5.57. The molecule has 0 fully saturated rings. The molecule has 2 aromatic rings. The Morgan fingerprint density at radius 1 is 1.29 bits per heavy atom. The summed E-state index contributed by atoms with van der Waals surface area (Å²) in [6.45, 7) is 2.84. The van der Waals surface area contributed by atoms with E-state index in [-0.39, 0.29) is 0 Å². The van der Waals surface area contributed by atoms with Crippen molar-refractivity contribution >= 4 is 22.2 Å². The molecule has 0 aliphatic heterocycles. The van der Waals surface area contributed by atoms with Crippen LogP contribution >= 0.6 is 11.5 Å². The lowest BCUT2D eigenvalue weighted by atomic mass is 10.1. The molecule has 2 N–H and O–H groups in total. The number of benzene rings is 1. The van der Waals surface area contributed by atoms with Gasteiger partial charge in [0, 0.05) is 24.3 Å². The lowest BCUT2D eigenvalue weighted by Gasteiger charge is -2.18. The Morgan fingerprint density at radius 2 is 2.00 bits per heavy atom. The fourth-order valence-corrected chi connectivity index (χ4v) is 2.07. The van der Waals surface area contributed by atoms with Crippen LogP contribution in [-0.2, 0) is 13.0 Å². The molecule has 0 aliphatic carbocycles. The third-order valence-electron chi connectivity index (χ3n) is 2.76. The molecular formula is C12H16N4S. The number of aromatic nitrogens is 2. The van der Waals surface area contributed by atoms with Gasteiger partial charge in [-0.3, -0.25) is 0 Å². The molecule has 0 radical (unpaired) electrons. The Bertz CT molecular complexity index is 478. The summed E-state index contributed by atoms with van der Waals surface area (Å²) in [5.41, 5.74) is 9.13. The van der Waals surface area contributed by atoms with Crippen LogP contribution in [0.15, 0.2) is 24.3 Å². The second-order valence-corrected chi connectivity index (χ2v) is 4.75. The molecule has 90 valence electrons. The predicted molar refractivity (Wildman–Crippen MR) is 72.2 cm³/mol. The Hall–Kier alpha value is -1.62. The second kappa shape index (κ2) is 5.14. The van der Waals surface area contributed by atoms with E-state index >= 15 is 0 Å². The molecule has 1 aromatic heterocycles. The van der Waals surface area contributed by atoms with Gasteiger partial charge in [0.2, 0.25) is 0 Å². The minimum Gasteiger partial charge on any atom is -0.388 e. The van der Waals surface area contributed by atoms with Gasteiger partial charge in [0.05, 0.1) is 6.54 Å². The van der Waals surface area contributed by atoms with Crippen molar-refractivity contribution in [2.45, 2.75) is 19.9 Å². The highest BCUT2D eigenvalue weighted by Crippen LogP contribution is 2.19. The number of nitrogens with zero attached hydrogens (tertiary/aromatic N) is 3. The highest BCUT2D eigenvalue weighted by atomic mass is 32.1. The van der Waals surface area contributed by atoms with Crippen LogP contribution in [0.4, 0.5) is 10.7 Å². The molecule has 17 heavy (non-hydrogen) atoms. The van der Waals surface area contributed by atoms with Crippen molar-refractivity contribution in [2.75, 3.05) is 17.7 Å². The largest absolute Gasteiger partial charge is 0.388 e. The van der Waals surface area contributed by atoms with Gasteiger partial charge >= 0.3 is 0 Å². The van der Waals surface area contributed by atoms with Crippen molar-refractivity contribution in [2.24, 2.45) is 0 Å². The van der Waals surface area contributed by atoms with Crippen LogP contribution in [0.1, 0.15) is 18.2 Å². The average molecular weight is 248 g/mol. The van der Waals surface area contributed by atoms with Crippen LogP contribution in [0.3, 0.4) is 0 Å². The SMILES string of the molecule is CCc1ccc(N(C)Cc2nnsc2N)cc1. The first kappa shape index (κ1) is 11.9. The summed E-state index contributed by atoms with van der Waals surface area (Å²) in [6, 6.07) is 8.53. The molecule has 2 rings (SSSR count). The minimum atomic E-state index is 0.688. The smallest absolute Gasteiger partial charge is 0.132 e. The zero-order valence-corrected chi connectivity index (χ0v) is 10.9. The monoisotopic (exact) mass is 248 g/mol. The van der Waals surface area contributed by atoms with E-state index in [1.54, 1.807) is 0 Å². The molecule has 0 bridgehead atoms. The van der Waals surface area contributed by atoms with Crippen LogP contribution in [0.25, 0.3) is 0 Å². The Balaban J connectivity index is 2.09. The molecule has 0 aliphatic rings. The quantitative estimate of drug-likeness (QED) is 0.902. The number of nitrogen functional groups attached to an aromatic ring is 1. The Morgan fingerprint density at radius 3 is 2.53 bits per heavy atom. The lowest BCUT2D eigenvalue weighted by Crippen LogP contribution is -2.17. The number of rotatable bonds is 4. The van der Waals surface area contributed by atoms with Crippen LogP contribution in [0.2, 0.25) is 0 Å². The summed E-state index contributed by atoms with van der Waals surface area (Å²) in [7, 11) is 2.03. The van der Waals surface area contributed by atoms with Gasteiger partial charge in [0.25, 0.3) is 0 Å². The van der Waals surface area contributed by atoms with Crippen molar-refractivity contribution in [3.05, 3.63) is 35.5 Å². The van der Waals surface area contributed by atoms with Crippen LogP contribution in [-0.4, -0.2) is 16.6 Å². The van der Waals surface area contributed by atoms with Gasteiger partial charge in [-0.1, -0.05) is 23.5 Å². The average Bonchev–Trinajstić information content (AvgIpc) is 2.75. The normalized spacial score (nSPS) is 10.5. The zero-order valence-electron chi connectivity index (χ0n) is 10.1. The van der Waals surface area contributed by atoms with Crippen molar-refractivity contribution < 1.29 is 0 Å². The highest BCUT2D eigenvalue weighted by molar-refractivity contribution is 7.09. The van der Waals surface area contributed by atoms with Gasteiger partial charge < -0.3 is 10.6 Å². The van der Waals surface area contributed by atoms with Crippen molar-refractivity contribution in [1.82, 2.24) is 9.59 Å². The summed E-state index contributed by atoms with van der Waals surface area (Å²) in [5.74, 6) is 0. The number of hydrogen-bond donors (Lipinski definition) is 1. The highest BCUT2D eigenvalue weighted by Gasteiger charge is 2.08. The minimum absolute atomic E-state index is 0.688. The summed E-state index contributed by atoms with van der Waals surface area (Å²) in [4.78, 5) is 2.12. The van der Waals surface area contributed by atoms with E-state index in [0.29, 0.717) is 11.5 Å². The van der Waals surface area contributed by atoms with Crippen LogP contribution in [0, 0.1) is 0 Å². The summed E-state index contributed by atoms with van der Waals surface area (Å²) in [6.07, 6.45) is 1.06. The van der Waals surface area contributed by atoms with E-state index < -0.39 is 0 Å². The molecule has 0 atom stereocenters. The molecular weight excluding hydrogens is 232 g/mol. The van der Waals surface area contributed by atoms with E-state index in [4.69, 9.17) is 5.73 Å². The molecule has 0 unspecified atom stereocenters. The topological polar surface area (TPSA) is 55.0 Å². The number of aryl methyl sites for hydroxylation is 1. The Labute approximate surface area is 105 Å². The first-order valence-corrected chi connectivity index (χ1v) is 6.35. The number of hydrogen-bond acceptors (Lipinski definition) is 5. The van der Waals surface area contributed by atoms with Gasteiger partial charge in [-0.25, -0.2) is 0 Å². The maximum Gasteiger partial charge on any atom is 0.132 e. The third-order valence-corrected chi connectivity index (χ3v) is 3.35. The molecule has 1 heterocycles. The molecule has 5 heteroatoms. The summed E-state index contributed by atoms with van der Waals surface area (Å²) in [5, 5.41) is 4.71. The molecule has 0 amide bonds. The number of nitrogens with two attached hydrogens (primary N) is 1. The number of anilines is 2.